The first kappa shape index (κ1) is 10.7. The molecule has 13 heavy (non-hydrogen) atoms. The van der Waals surface area contributed by atoms with Crippen LogP contribution in [0.5, 0.6) is 0 Å². The molecule has 0 aromatic rings. The second kappa shape index (κ2) is 4.75. The molecule has 0 bridgehead atoms. The number of hydrogen-bond acceptors (Lipinski definition) is 2. The molecule has 0 aromatic carbocycles. The van der Waals surface area contributed by atoms with Crippen LogP contribution in [0.2, 0.25) is 0 Å². The summed E-state index contributed by atoms with van der Waals surface area (Å²) in [5.41, 5.74) is 0.282. The maximum atomic E-state index is 10.9. The van der Waals surface area contributed by atoms with Gasteiger partial charge in [-0.05, 0) is 26.2 Å². The van der Waals surface area contributed by atoms with E-state index in [9.17, 15) is 4.79 Å². The van der Waals surface area contributed by atoms with E-state index in [0.29, 0.717) is 6.54 Å². The number of carbonyl (C=O) groups is 1. The van der Waals surface area contributed by atoms with Gasteiger partial charge in [0, 0.05) is 5.54 Å². The highest BCUT2D eigenvalue weighted by Gasteiger charge is 2.29. The minimum atomic E-state index is 0.249. The van der Waals surface area contributed by atoms with Crippen LogP contribution in [0.25, 0.3) is 0 Å². The molecular weight excluding hydrogens is 162 g/mol. The summed E-state index contributed by atoms with van der Waals surface area (Å²) in [5, 5.41) is 3.43. The van der Waals surface area contributed by atoms with Gasteiger partial charge in [0.1, 0.15) is 5.78 Å². The van der Waals surface area contributed by atoms with E-state index in [4.69, 9.17) is 0 Å². The fraction of sp³-hybridized carbons (Fsp3) is 0.909. The van der Waals surface area contributed by atoms with Gasteiger partial charge in [-0.3, -0.25) is 4.79 Å². The Morgan fingerprint density at radius 2 is 1.92 bits per heavy atom. The molecule has 1 rings (SSSR count). The molecule has 0 atom stereocenters. The normalized spacial score (nSPS) is 21.4. The summed E-state index contributed by atoms with van der Waals surface area (Å²) >= 11 is 0. The Labute approximate surface area is 81.1 Å². The van der Waals surface area contributed by atoms with Crippen molar-refractivity contribution in [3.63, 3.8) is 0 Å². The molecule has 2 nitrogen and oxygen atoms in total. The summed E-state index contributed by atoms with van der Waals surface area (Å²) in [5.74, 6) is 0.249. The smallest absolute Gasteiger partial charge is 0.143 e. The van der Waals surface area contributed by atoms with E-state index in [1.165, 1.54) is 32.1 Å². The number of ketones is 1. The lowest BCUT2D eigenvalue weighted by atomic mass is 9.80. The van der Waals surface area contributed by atoms with Gasteiger partial charge in [0.05, 0.1) is 6.54 Å². The molecule has 2 heteroatoms. The van der Waals surface area contributed by atoms with Gasteiger partial charge in [-0.15, -0.1) is 0 Å². The summed E-state index contributed by atoms with van der Waals surface area (Å²) in [6.45, 7) is 4.42. The molecule has 1 aliphatic rings. The van der Waals surface area contributed by atoms with Gasteiger partial charge in [-0.2, -0.15) is 0 Å². The Morgan fingerprint density at radius 1 is 1.31 bits per heavy atom. The SMILES string of the molecule is CCC1(NCC(C)=O)CCCCC1. The third-order valence-corrected chi connectivity index (χ3v) is 3.20. The fourth-order valence-corrected chi connectivity index (χ4v) is 2.20. The van der Waals surface area contributed by atoms with Crippen molar-refractivity contribution >= 4 is 5.78 Å². The van der Waals surface area contributed by atoms with Gasteiger partial charge in [-0.1, -0.05) is 26.2 Å². The molecule has 0 radical (unpaired) electrons. The van der Waals surface area contributed by atoms with E-state index >= 15 is 0 Å². The van der Waals surface area contributed by atoms with Gasteiger partial charge >= 0.3 is 0 Å². The van der Waals surface area contributed by atoms with Crippen LogP contribution in [0.15, 0.2) is 0 Å². The van der Waals surface area contributed by atoms with Crippen molar-refractivity contribution in [3.8, 4) is 0 Å². The molecule has 1 N–H and O–H groups in total. The molecule has 0 unspecified atom stereocenters. The zero-order valence-electron chi connectivity index (χ0n) is 8.86. The third kappa shape index (κ3) is 3.11. The number of nitrogens with one attached hydrogen (secondary N) is 1. The zero-order valence-corrected chi connectivity index (χ0v) is 8.86. The van der Waals surface area contributed by atoms with E-state index < -0.39 is 0 Å². The summed E-state index contributed by atoms with van der Waals surface area (Å²) < 4.78 is 0. The predicted molar refractivity (Wildman–Crippen MR) is 54.8 cm³/mol. The average Bonchev–Trinajstić information content (AvgIpc) is 2.16. The van der Waals surface area contributed by atoms with Crippen molar-refractivity contribution in [1.29, 1.82) is 0 Å². The molecule has 0 spiro atoms. The van der Waals surface area contributed by atoms with Crippen LogP contribution in [0.1, 0.15) is 52.4 Å². The van der Waals surface area contributed by atoms with E-state index in [0.717, 1.165) is 6.42 Å². The molecule has 0 aliphatic heterocycles. The molecule has 1 saturated carbocycles. The number of carbonyl (C=O) groups excluding carboxylic acids is 1. The number of rotatable bonds is 4. The minimum Gasteiger partial charge on any atom is -0.304 e. The van der Waals surface area contributed by atoms with Crippen LogP contribution >= 0.6 is 0 Å². The van der Waals surface area contributed by atoms with E-state index in [1.807, 2.05) is 0 Å². The van der Waals surface area contributed by atoms with Crippen molar-refractivity contribution in [3.05, 3.63) is 0 Å². The van der Waals surface area contributed by atoms with Crippen molar-refractivity contribution in [2.75, 3.05) is 6.54 Å². The Bertz CT molecular complexity index is 171. The van der Waals surface area contributed by atoms with Crippen LogP contribution in [0.3, 0.4) is 0 Å². The van der Waals surface area contributed by atoms with Crippen molar-refractivity contribution in [1.82, 2.24) is 5.32 Å². The predicted octanol–water partition coefficient (Wildman–Crippen LogP) is 2.28. The van der Waals surface area contributed by atoms with Gasteiger partial charge in [-0.25, -0.2) is 0 Å². The maximum absolute atomic E-state index is 10.9. The summed E-state index contributed by atoms with van der Waals surface area (Å²) in [7, 11) is 0. The topological polar surface area (TPSA) is 29.1 Å². The first-order valence-corrected chi connectivity index (χ1v) is 5.43. The Hall–Kier alpha value is -0.370. The van der Waals surface area contributed by atoms with Crippen LogP contribution in [0.4, 0.5) is 0 Å². The summed E-state index contributed by atoms with van der Waals surface area (Å²) in [4.78, 5) is 10.9. The number of hydrogen-bond donors (Lipinski definition) is 1. The third-order valence-electron chi connectivity index (χ3n) is 3.20. The lowest BCUT2D eigenvalue weighted by Gasteiger charge is -2.37. The van der Waals surface area contributed by atoms with Crippen LogP contribution in [0, 0.1) is 0 Å². The molecule has 0 heterocycles. The van der Waals surface area contributed by atoms with Gasteiger partial charge in [0.15, 0.2) is 0 Å². The first-order valence-electron chi connectivity index (χ1n) is 5.43. The molecular formula is C11H21NO. The molecule has 0 aromatic heterocycles. The quantitative estimate of drug-likeness (QED) is 0.724. The Balaban J connectivity index is 2.42. The Kier molecular flexibility index (Phi) is 3.91. The zero-order chi connectivity index (χ0) is 9.73. The van der Waals surface area contributed by atoms with E-state index in [1.54, 1.807) is 6.92 Å². The van der Waals surface area contributed by atoms with Gasteiger partial charge in [0.25, 0.3) is 0 Å². The van der Waals surface area contributed by atoms with Crippen molar-refractivity contribution < 1.29 is 4.79 Å². The molecule has 0 saturated heterocycles. The lowest BCUT2D eigenvalue weighted by molar-refractivity contribution is -0.116. The Morgan fingerprint density at radius 3 is 2.38 bits per heavy atom. The van der Waals surface area contributed by atoms with Crippen molar-refractivity contribution in [2.45, 2.75) is 57.9 Å². The van der Waals surface area contributed by atoms with Crippen molar-refractivity contribution in [2.24, 2.45) is 0 Å². The largest absolute Gasteiger partial charge is 0.304 e. The molecule has 1 aliphatic carbocycles. The molecule has 1 fully saturated rings. The van der Waals surface area contributed by atoms with E-state index in [-0.39, 0.29) is 11.3 Å². The highest BCUT2D eigenvalue weighted by molar-refractivity contribution is 5.77. The highest BCUT2D eigenvalue weighted by atomic mass is 16.1. The van der Waals surface area contributed by atoms with Gasteiger partial charge < -0.3 is 5.32 Å². The summed E-state index contributed by atoms with van der Waals surface area (Å²) in [6.07, 6.45) is 7.65. The second-order valence-corrected chi connectivity index (χ2v) is 4.25. The minimum absolute atomic E-state index is 0.249. The fourth-order valence-electron chi connectivity index (χ4n) is 2.20. The van der Waals surface area contributed by atoms with Crippen LogP contribution in [-0.2, 0) is 4.79 Å². The molecule has 76 valence electrons. The van der Waals surface area contributed by atoms with E-state index in [2.05, 4.69) is 12.2 Å². The number of Topliss-reactive ketones (excluding diaryl/α,β-unsaturated/α-hetero) is 1. The molecule has 0 amide bonds. The summed E-state index contributed by atoms with van der Waals surface area (Å²) in [6, 6.07) is 0. The first-order chi connectivity index (χ1) is 6.18. The maximum Gasteiger partial charge on any atom is 0.143 e. The van der Waals surface area contributed by atoms with Crippen LogP contribution < -0.4 is 5.32 Å². The highest BCUT2D eigenvalue weighted by Crippen LogP contribution is 2.30. The monoisotopic (exact) mass is 183 g/mol. The average molecular weight is 183 g/mol. The standard InChI is InChI=1S/C11H21NO/c1-3-11(12-9-10(2)13)7-5-4-6-8-11/h12H,3-9H2,1-2H3. The second-order valence-electron chi connectivity index (χ2n) is 4.25. The lowest BCUT2D eigenvalue weighted by Crippen LogP contribution is -2.47. The van der Waals surface area contributed by atoms with Crippen LogP contribution in [-0.4, -0.2) is 17.9 Å². The van der Waals surface area contributed by atoms with Gasteiger partial charge in [0.2, 0.25) is 0 Å².